The number of unbranched alkanes of at least 4 members (excludes halogenated alkanes) is 1. The van der Waals surface area contributed by atoms with Crippen molar-refractivity contribution in [2.75, 3.05) is 20.6 Å². The van der Waals surface area contributed by atoms with Crippen LogP contribution in [0, 0.1) is 0 Å². The lowest BCUT2D eigenvalue weighted by molar-refractivity contribution is -0.126. The summed E-state index contributed by atoms with van der Waals surface area (Å²) in [5.41, 5.74) is 3.73. The van der Waals surface area contributed by atoms with Gasteiger partial charge < -0.3 is 14.7 Å². The molecule has 6 nitrogen and oxygen atoms in total. The van der Waals surface area contributed by atoms with Crippen molar-refractivity contribution in [3.05, 3.63) is 0 Å². The van der Waals surface area contributed by atoms with Crippen molar-refractivity contribution in [1.29, 1.82) is 0 Å². The van der Waals surface area contributed by atoms with Gasteiger partial charge in [0.2, 0.25) is 5.72 Å². The van der Waals surface area contributed by atoms with Crippen LogP contribution in [-0.2, 0) is 9.53 Å². The van der Waals surface area contributed by atoms with E-state index in [-0.39, 0.29) is 6.42 Å². The van der Waals surface area contributed by atoms with Crippen LogP contribution < -0.4 is 5.73 Å². The summed E-state index contributed by atoms with van der Waals surface area (Å²) in [4.78, 5) is 22.8. The Morgan fingerprint density at radius 2 is 2.13 bits per heavy atom. The number of nitrogens with zero attached hydrogens (tertiary/aromatic N) is 1. The number of rotatable bonds is 7. The summed E-state index contributed by atoms with van der Waals surface area (Å²) >= 11 is 0. The molecule has 0 saturated carbocycles. The Morgan fingerprint density at radius 3 is 2.53 bits per heavy atom. The van der Waals surface area contributed by atoms with E-state index in [1.165, 1.54) is 0 Å². The van der Waals surface area contributed by atoms with Crippen LogP contribution in [0.5, 0.6) is 0 Å². The molecule has 0 saturated heterocycles. The zero-order valence-corrected chi connectivity index (χ0v) is 9.10. The number of hydrogen-bond donors (Lipinski definition) is 2. The smallest absolute Gasteiger partial charge is 0.450 e. The van der Waals surface area contributed by atoms with Gasteiger partial charge in [0, 0.05) is 6.42 Å². The maximum atomic E-state index is 10.6. The van der Waals surface area contributed by atoms with E-state index < -0.39 is 11.9 Å². The summed E-state index contributed by atoms with van der Waals surface area (Å²) in [6, 6.07) is 0. The monoisotopic (exact) mass is 218 g/mol. The van der Waals surface area contributed by atoms with Crippen LogP contribution in [0.3, 0.4) is 0 Å². The molecular weight excluding hydrogens is 200 g/mol. The van der Waals surface area contributed by atoms with Crippen molar-refractivity contribution < 1.29 is 19.4 Å². The summed E-state index contributed by atoms with van der Waals surface area (Å²) in [7, 11) is 3.87. The predicted octanol–water partition coefficient (Wildman–Crippen LogP) is 0.267. The second kappa shape index (κ2) is 6.36. The largest absolute Gasteiger partial charge is 0.507 e. The van der Waals surface area contributed by atoms with Gasteiger partial charge >= 0.3 is 6.16 Å². The van der Waals surface area contributed by atoms with E-state index in [1.54, 1.807) is 0 Å². The van der Waals surface area contributed by atoms with Crippen LogP contribution in [0.1, 0.15) is 19.3 Å². The number of carbonyl (C=O) groups is 2. The molecule has 88 valence electrons. The quantitative estimate of drug-likeness (QED) is 0.276. The van der Waals surface area contributed by atoms with E-state index in [9.17, 15) is 9.59 Å². The molecule has 0 heterocycles. The molecule has 0 aromatic heterocycles. The minimum absolute atomic E-state index is 0.205. The summed E-state index contributed by atoms with van der Waals surface area (Å²) < 4.78 is 4.31. The zero-order chi connectivity index (χ0) is 11.9. The maximum Gasteiger partial charge on any atom is 0.507 e. The van der Waals surface area contributed by atoms with Gasteiger partial charge in [0.05, 0.1) is 0 Å². The van der Waals surface area contributed by atoms with Gasteiger partial charge in [-0.3, -0.25) is 10.5 Å². The zero-order valence-electron chi connectivity index (χ0n) is 9.10. The number of carboxylic acid groups (broad SMARTS) is 1. The van der Waals surface area contributed by atoms with E-state index in [0.29, 0.717) is 12.7 Å². The molecule has 0 aromatic rings. The molecule has 0 bridgehead atoms. The fourth-order valence-electron chi connectivity index (χ4n) is 1.13. The van der Waals surface area contributed by atoms with E-state index in [0.717, 1.165) is 13.0 Å². The third-order valence-corrected chi connectivity index (χ3v) is 1.90. The second-order valence-corrected chi connectivity index (χ2v) is 3.70. The predicted molar refractivity (Wildman–Crippen MR) is 54.5 cm³/mol. The SMILES string of the molecule is CN(C)CCCCC(N)(C=O)OC(=O)O. The van der Waals surface area contributed by atoms with Crippen molar-refractivity contribution >= 4 is 12.4 Å². The Bertz CT molecular complexity index is 220. The van der Waals surface area contributed by atoms with Crippen LogP contribution in [-0.4, -0.2) is 48.8 Å². The average Bonchev–Trinajstić information content (AvgIpc) is 2.11. The highest BCUT2D eigenvalue weighted by Gasteiger charge is 2.28. The molecule has 3 N–H and O–H groups in total. The molecule has 0 amide bonds. The Morgan fingerprint density at radius 1 is 1.53 bits per heavy atom. The molecule has 0 fully saturated rings. The van der Waals surface area contributed by atoms with Crippen molar-refractivity contribution in [3.63, 3.8) is 0 Å². The van der Waals surface area contributed by atoms with E-state index in [4.69, 9.17) is 10.8 Å². The lowest BCUT2D eigenvalue weighted by Gasteiger charge is -2.21. The molecule has 15 heavy (non-hydrogen) atoms. The van der Waals surface area contributed by atoms with Gasteiger partial charge in [0.15, 0.2) is 6.29 Å². The van der Waals surface area contributed by atoms with E-state index >= 15 is 0 Å². The number of nitrogens with two attached hydrogens (primary N) is 1. The van der Waals surface area contributed by atoms with Gasteiger partial charge in [-0.05, 0) is 33.5 Å². The highest BCUT2D eigenvalue weighted by Crippen LogP contribution is 2.11. The Kier molecular flexibility index (Phi) is 5.88. The number of hydrogen-bond acceptors (Lipinski definition) is 5. The average molecular weight is 218 g/mol. The van der Waals surface area contributed by atoms with E-state index in [2.05, 4.69) is 4.74 Å². The van der Waals surface area contributed by atoms with Crippen LogP contribution in [0.4, 0.5) is 4.79 Å². The minimum Gasteiger partial charge on any atom is -0.450 e. The molecule has 1 atom stereocenters. The third-order valence-electron chi connectivity index (χ3n) is 1.90. The lowest BCUT2D eigenvalue weighted by atomic mass is 10.1. The van der Waals surface area contributed by atoms with Gasteiger partial charge in [0.1, 0.15) is 0 Å². The third kappa shape index (κ3) is 6.87. The first-order chi connectivity index (χ1) is 6.89. The first-order valence-corrected chi connectivity index (χ1v) is 4.71. The highest BCUT2D eigenvalue weighted by atomic mass is 16.7. The lowest BCUT2D eigenvalue weighted by Crippen LogP contribution is -2.46. The van der Waals surface area contributed by atoms with Gasteiger partial charge in [-0.1, -0.05) is 0 Å². The second-order valence-electron chi connectivity index (χ2n) is 3.70. The fraction of sp³-hybridized carbons (Fsp3) is 0.778. The topological polar surface area (TPSA) is 92.9 Å². The van der Waals surface area contributed by atoms with Gasteiger partial charge in [-0.25, -0.2) is 4.79 Å². The minimum atomic E-state index is -1.70. The first-order valence-electron chi connectivity index (χ1n) is 4.71. The molecule has 6 heteroatoms. The molecule has 0 aliphatic heterocycles. The normalized spacial score (nSPS) is 14.7. The molecule has 0 spiro atoms. The van der Waals surface area contributed by atoms with Gasteiger partial charge in [-0.2, -0.15) is 0 Å². The van der Waals surface area contributed by atoms with Crippen LogP contribution >= 0.6 is 0 Å². The van der Waals surface area contributed by atoms with E-state index in [1.807, 2.05) is 19.0 Å². The summed E-state index contributed by atoms with van der Waals surface area (Å²) in [5, 5.41) is 8.36. The summed E-state index contributed by atoms with van der Waals surface area (Å²) in [6.45, 7) is 0.863. The molecule has 0 aromatic carbocycles. The first kappa shape index (κ1) is 13.9. The molecular formula is C9H18N2O4. The van der Waals surface area contributed by atoms with Crippen LogP contribution in [0.2, 0.25) is 0 Å². The fourth-order valence-corrected chi connectivity index (χ4v) is 1.13. The van der Waals surface area contributed by atoms with Crippen LogP contribution in [0.15, 0.2) is 0 Å². The summed E-state index contributed by atoms with van der Waals surface area (Å²) in [6.07, 6.45) is 0.480. The number of aldehydes is 1. The van der Waals surface area contributed by atoms with Crippen molar-refractivity contribution in [1.82, 2.24) is 4.90 Å². The number of carbonyl (C=O) groups excluding carboxylic acids is 1. The summed E-state index contributed by atoms with van der Waals surface area (Å²) in [5.74, 6) is 0. The highest BCUT2D eigenvalue weighted by molar-refractivity contribution is 5.67. The molecule has 0 rings (SSSR count). The van der Waals surface area contributed by atoms with Crippen molar-refractivity contribution in [2.24, 2.45) is 5.73 Å². The molecule has 0 aliphatic rings. The Labute approximate surface area is 89.0 Å². The van der Waals surface area contributed by atoms with Gasteiger partial charge in [0.25, 0.3) is 0 Å². The Balaban J connectivity index is 3.88. The van der Waals surface area contributed by atoms with Crippen molar-refractivity contribution in [2.45, 2.75) is 25.0 Å². The molecule has 1 unspecified atom stereocenters. The number of ether oxygens (including phenoxy) is 1. The maximum absolute atomic E-state index is 10.6. The van der Waals surface area contributed by atoms with Gasteiger partial charge in [-0.15, -0.1) is 0 Å². The van der Waals surface area contributed by atoms with Crippen molar-refractivity contribution in [3.8, 4) is 0 Å². The molecule has 0 radical (unpaired) electrons. The Hall–Kier alpha value is -1.14. The standard InChI is InChI=1S/C9H18N2O4/c1-11(2)6-4-3-5-9(10,7-12)15-8(13)14/h7H,3-6,10H2,1-2H3,(H,13,14). The van der Waals surface area contributed by atoms with Crippen LogP contribution in [0.25, 0.3) is 0 Å². The molecule has 0 aliphatic carbocycles.